The summed E-state index contributed by atoms with van der Waals surface area (Å²) in [7, 11) is 0. The fraction of sp³-hybridized carbons (Fsp3) is 0.538. The van der Waals surface area contributed by atoms with E-state index in [0.717, 1.165) is 0 Å². The Balaban J connectivity index is 2.55. The van der Waals surface area contributed by atoms with Crippen LogP contribution in [0.3, 0.4) is 0 Å². The molecule has 0 saturated carbocycles. The first-order valence-electron chi connectivity index (χ1n) is 5.85. The average molecular weight is 241 g/mol. The second-order valence-electron chi connectivity index (χ2n) is 4.83. The minimum Gasteiger partial charge on any atom is -0.385 e. The van der Waals surface area contributed by atoms with Crippen molar-refractivity contribution in [1.29, 1.82) is 0 Å². The number of halogens is 2. The molecule has 2 atom stereocenters. The zero-order chi connectivity index (χ0) is 12.6. The predicted molar refractivity (Wildman–Crippen MR) is 61.6 cm³/mol. The zero-order valence-electron chi connectivity index (χ0n) is 10.1. The lowest BCUT2D eigenvalue weighted by atomic mass is 9.76. The summed E-state index contributed by atoms with van der Waals surface area (Å²) in [5, 5.41) is 13.7. The van der Waals surface area contributed by atoms with Gasteiger partial charge in [-0.3, -0.25) is 0 Å². The van der Waals surface area contributed by atoms with Crippen LogP contribution in [0.2, 0.25) is 0 Å². The maximum Gasteiger partial charge on any atom is 0.135 e. The Bertz CT molecular complexity index is 436. The summed E-state index contributed by atoms with van der Waals surface area (Å²) in [6.45, 7) is 4.50. The van der Waals surface area contributed by atoms with E-state index in [1.807, 2.05) is 0 Å². The van der Waals surface area contributed by atoms with Crippen molar-refractivity contribution in [2.75, 3.05) is 13.1 Å². The van der Waals surface area contributed by atoms with Crippen molar-refractivity contribution in [2.45, 2.75) is 25.9 Å². The van der Waals surface area contributed by atoms with Crippen LogP contribution in [0, 0.1) is 24.5 Å². The van der Waals surface area contributed by atoms with Gasteiger partial charge >= 0.3 is 0 Å². The van der Waals surface area contributed by atoms with Gasteiger partial charge in [0.2, 0.25) is 0 Å². The topological polar surface area (TPSA) is 32.3 Å². The molecule has 1 heterocycles. The lowest BCUT2D eigenvalue weighted by Gasteiger charge is -2.39. The number of rotatable bonds is 1. The van der Waals surface area contributed by atoms with Crippen LogP contribution in [-0.4, -0.2) is 18.2 Å². The molecule has 0 aliphatic carbocycles. The summed E-state index contributed by atoms with van der Waals surface area (Å²) in [6, 6.07) is 2.61. The molecule has 4 heteroatoms. The molecule has 2 rings (SSSR count). The maximum absolute atomic E-state index is 14.0. The lowest BCUT2D eigenvalue weighted by Crippen LogP contribution is -2.47. The number of hydrogen-bond donors (Lipinski definition) is 2. The van der Waals surface area contributed by atoms with Crippen molar-refractivity contribution in [3.05, 3.63) is 34.9 Å². The lowest BCUT2D eigenvalue weighted by molar-refractivity contribution is -0.0449. The Morgan fingerprint density at radius 2 is 2.12 bits per heavy atom. The van der Waals surface area contributed by atoms with E-state index in [-0.39, 0.29) is 11.5 Å². The minimum absolute atomic E-state index is 0.175. The van der Waals surface area contributed by atoms with Gasteiger partial charge in [-0.1, -0.05) is 13.0 Å². The zero-order valence-corrected chi connectivity index (χ0v) is 10.1. The molecule has 2 unspecified atom stereocenters. The van der Waals surface area contributed by atoms with E-state index in [9.17, 15) is 13.9 Å². The van der Waals surface area contributed by atoms with Crippen LogP contribution in [0.5, 0.6) is 0 Å². The third-order valence-electron chi connectivity index (χ3n) is 3.67. The Morgan fingerprint density at radius 1 is 1.41 bits per heavy atom. The molecular formula is C13H17F2NO. The predicted octanol–water partition coefficient (Wildman–Crippen LogP) is 2.09. The van der Waals surface area contributed by atoms with Crippen LogP contribution in [0.25, 0.3) is 0 Å². The van der Waals surface area contributed by atoms with E-state index < -0.39 is 17.2 Å². The molecule has 0 spiro atoms. The molecule has 1 aromatic rings. The standard InChI is InChI=1S/C13H17F2NO/c1-8-3-4-10(14)11(12(8)15)13(17)5-6-16-7-9(13)2/h3-4,9,16-17H,5-7H2,1-2H3. The summed E-state index contributed by atoms with van der Waals surface area (Å²) < 4.78 is 27.9. The van der Waals surface area contributed by atoms with Crippen molar-refractivity contribution in [1.82, 2.24) is 5.32 Å². The highest BCUT2D eigenvalue weighted by atomic mass is 19.1. The minimum atomic E-state index is -1.41. The fourth-order valence-electron chi connectivity index (χ4n) is 2.44. The summed E-state index contributed by atoms with van der Waals surface area (Å²) in [5.41, 5.74) is -1.22. The summed E-state index contributed by atoms with van der Waals surface area (Å²) in [6.07, 6.45) is 0.325. The highest BCUT2D eigenvalue weighted by Gasteiger charge is 2.42. The molecule has 2 nitrogen and oxygen atoms in total. The van der Waals surface area contributed by atoms with E-state index in [1.54, 1.807) is 13.8 Å². The van der Waals surface area contributed by atoms with Crippen molar-refractivity contribution >= 4 is 0 Å². The molecule has 1 aromatic carbocycles. The van der Waals surface area contributed by atoms with Gasteiger partial charge in [0.05, 0.1) is 5.56 Å². The second-order valence-corrected chi connectivity index (χ2v) is 4.83. The van der Waals surface area contributed by atoms with Gasteiger partial charge in [-0.25, -0.2) is 8.78 Å². The Morgan fingerprint density at radius 3 is 2.76 bits per heavy atom. The highest BCUT2D eigenvalue weighted by molar-refractivity contribution is 5.32. The number of nitrogens with one attached hydrogen (secondary N) is 1. The average Bonchev–Trinajstić information content (AvgIpc) is 2.28. The maximum atomic E-state index is 14.0. The second kappa shape index (κ2) is 4.35. The normalized spacial score (nSPS) is 29.4. The largest absolute Gasteiger partial charge is 0.385 e. The number of aliphatic hydroxyl groups is 1. The quantitative estimate of drug-likeness (QED) is 0.789. The first-order valence-corrected chi connectivity index (χ1v) is 5.85. The first-order chi connectivity index (χ1) is 7.97. The molecule has 1 aliphatic heterocycles. The van der Waals surface area contributed by atoms with Gasteiger partial charge in [0.15, 0.2) is 0 Å². The van der Waals surface area contributed by atoms with Crippen LogP contribution >= 0.6 is 0 Å². The smallest absolute Gasteiger partial charge is 0.135 e. The fourth-order valence-corrected chi connectivity index (χ4v) is 2.44. The van der Waals surface area contributed by atoms with Gasteiger partial charge in [-0.05, 0) is 31.5 Å². The molecule has 94 valence electrons. The van der Waals surface area contributed by atoms with Crippen molar-refractivity contribution in [3.8, 4) is 0 Å². The monoisotopic (exact) mass is 241 g/mol. The van der Waals surface area contributed by atoms with Crippen LogP contribution in [0.4, 0.5) is 8.78 Å². The Kier molecular flexibility index (Phi) is 3.19. The van der Waals surface area contributed by atoms with E-state index in [2.05, 4.69) is 5.32 Å². The molecule has 17 heavy (non-hydrogen) atoms. The first kappa shape index (κ1) is 12.5. The molecule has 1 fully saturated rings. The Labute approximate surface area is 99.7 Å². The van der Waals surface area contributed by atoms with Gasteiger partial charge in [-0.2, -0.15) is 0 Å². The molecule has 0 radical (unpaired) electrons. The van der Waals surface area contributed by atoms with Crippen LogP contribution in [0.15, 0.2) is 12.1 Å². The molecule has 1 aliphatic rings. The number of benzene rings is 1. The molecule has 0 aromatic heterocycles. The highest BCUT2D eigenvalue weighted by Crippen LogP contribution is 2.38. The van der Waals surface area contributed by atoms with Gasteiger partial charge in [0.25, 0.3) is 0 Å². The van der Waals surface area contributed by atoms with E-state index in [1.165, 1.54) is 12.1 Å². The summed E-state index contributed by atoms with van der Waals surface area (Å²) in [5.74, 6) is -1.51. The molecule has 2 N–H and O–H groups in total. The van der Waals surface area contributed by atoms with Crippen molar-refractivity contribution < 1.29 is 13.9 Å². The SMILES string of the molecule is Cc1ccc(F)c(C2(O)CCNCC2C)c1F. The van der Waals surface area contributed by atoms with Gasteiger partial charge in [0.1, 0.15) is 17.2 Å². The van der Waals surface area contributed by atoms with Crippen LogP contribution < -0.4 is 5.32 Å². The van der Waals surface area contributed by atoms with Crippen LogP contribution in [0.1, 0.15) is 24.5 Å². The van der Waals surface area contributed by atoms with E-state index >= 15 is 0 Å². The molecule has 0 bridgehead atoms. The van der Waals surface area contributed by atoms with Gasteiger partial charge in [0, 0.05) is 12.5 Å². The molecule has 1 saturated heterocycles. The van der Waals surface area contributed by atoms with Crippen molar-refractivity contribution in [2.24, 2.45) is 5.92 Å². The summed E-state index contributed by atoms with van der Waals surface area (Å²) in [4.78, 5) is 0. The molecular weight excluding hydrogens is 224 g/mol. The molecule has 0 amide bonds. The number of piperidine rings is 1. The third-order valence-corrected chi connectivity index (χ3v) is 3.67. The summed E-state index contributed by atoms with van der Waals surface area (Å²) >= 11 is 0. The van der Waals surface area contributed by atoms with Gasteiger partial charge < -0.3 is 10.4 Å². The number of hydrogen-bond acceptors (Lipinski definition) is 2. The number of aryl methyl sites for hydroxylation is 1. The van der Waals surface area contributed by atoms with E-state index in [4.69, 9.17) is 0 Å². The van der Waals surface area contributed by atoms with Crippen LogP contribution in [-0.2, 0) is 5.60 Å². The van der Waals surface area contributed by atoms with Crippen molar-refractivity contribution in [3.63, 3.8) is 0 Å². The van der Waals surface area contributed by atoms with Gasteiger partial charge in [-0.15, -0.1) is 0 Å². The van der Waals surface area contributed by atoms with E-state index in [0.29, 0.717) is 25.1 Å². The third kappa shape index (κ3) is 1.96. The Hall–Kier alpha value is -1.00.